The summed E-state index contributed by atoms with van der Waals surface area (Å²) in [5.74, 6) is -1.82. The largest absolute Gasteiger partial charge is 0.503 e. The highest BCUT2D eigenvalue weighted by molar-refractivity contribution is 6.04. The summed E-state index contributed by atoms with van der Waals surface area (Å²) in [5, 5.41) is 11.8. The Bertz CT molecular complexity index is 543. The molecule has 0 aliphatic carbocycles. The van der Waals surface area contributed by atoms with Crippen molar-refractivity contribution in [1.82, 2.24) is 4.98 Å². The second-order valence-corrected chi connectivity index (χ2v) is 3.33. The van der Waals surface area contributed by atoms with Crippen molar-refractivity contribution >= 4 is 11.6 Å². The molecule has 1 aromatic heterocycles. The molecule has 0 unspecified atom stereocenters. The first-order valence-corrected chi connectivity index (χ1v) is 4.87. The molecule has 0 radical (unpaired) electrons. The van der Waals surface area contributed by atoms with Gasteiger partial charge >= 0.3 is 0 Å². The van der Waals surface area contributed by atoms with Gasteiger partial charge in [-0.1, -0.05) is 6.07 Å². The van der Waals surface area contributed by atoms with Crippen LogP contribution in [0.2, 0.25) is 0 Å². The number of halogens is 1. The number of rotatable bonds is 2. The van der Waals surface area contributed by atoms with Gasteiger partial charge in [0.1, 0.15) is 0 Å². The van der Waals surface area contributed by atoms with Crippen LogP contribution in [0.1, 0.15) is 10.4 Å². The van der Waals surface area contributed by atoms with Crippen molar-refractivity contribution in [2.75, 3.05) is 5.32 Å². The third kappa shape index (κ3) is 2.39. The number of aromatic hydroxyl groups is 1. The molecule has 1 aromatic carbocycles. The van der Waals surface area contributed by atoms with Crippen LogP contribution in [-0.2, 0) is 0 Å². The fourth-order valence-electron chi connectivity index (χ4n) is 1.31. The first-order chi connectivity index (χ1) is 8.18. The van der Waals surface area contributed by atoms with Gasteiger partial charge < -0.3 is 10.4 Å². The quantitative estimate of drug-likeness (QED) is 0.780. The number of carbonyl (C=O) groups is 1. The summed E-state index contributed by atoms with van der Waals surface area (Å²) in [6.45, 7) is 0. The highest BCUT2D eigenvalue weighted by Crippen LogP contribution is 2.26. The lowest BCUT2D eigenvalue weighted by Crippen LogP contribution is -2.12. The zero-order chi connectivity index (χ0) is 12.3. The van der Waals surface area contributed by atoms with Crippen LogP contribution in [0.3, 0.4) is 0 Å². The zero-order valence-electron chi connectivity index (χ0n) is 8.72. The number of aromatic nitrogens is 1. The summed E-state index contributed by atoms with van der Waals surface area (Å²) in [4.78, 5) is 15.5. The summed E-state index contributed by atoms with van der Waals surface area (Å²) in [6, 6.07) is 7.09. The van der Waals surface area contributed by atoms with Crippen LogP contribution in [0, 0.1) is 5.82 Å². The molecular formula is C12H9FN2O2. The van der Waals surface area contributed by atoms with E-state index in [2.05, 4.69) is 10.3 Å². The molecule has 0 saturated heterocycles. The summed E-state index contributed by atoms with van der Waals surface area (Å²) in [5.41, 5.74) is 0.356. The average molecular weight is 232 g/mol. The van der Waals surface area contributed by atoms with Gasteiger partial charge in [-0.2, -0.15) is 0 Å². The minimum absolute atomic E-state index is 0.0267. The highest BCUT2D eigenvalue weighted by atomic mass is 19.1. The number of nitrogens with one attached hydrogen (secondary N) is 1. The molecule has 4 nitrogen and oxygen atoms in total. The maximum absolute atomic E-state index is 13.0. The maximum atomic E-state index is 13.0. The Kier molecular flexibility index (Phi) is 3.00. The van der Waals surface area contributed by atoms with Crippen molar-refractivity contribution in [1.29, 1.82) is 0 Å². The number of nitrogens with zero attached hydrogens (tertiary/aromatic N) is 1. The van der Waals surface area contributed by atoms with E-state index < -0.39 is 17.5 Å². The van der Waals surface area contributed by atoms with E-state index in [1.54, 1.807) is 12.1 Å². The van der Waals surface area contributed by atoms with E-state index in [9.17, 15) is 14.3 Å². The number of benzene rings is 1. The first-order valence-electron chi connectivity index (χ1n) is 4.87. The van der Waals surface area contributed by atoms with E-state index in [1.807, 2.05) is 0 Å². The van der Waals surface area contributed by atoms with Crippen molar-refractivity contribution in [2.45, 2.75) is 0 Å². The Morgan fingerprint density at radius 1 is 1.29 bits per heavy atom. The number of carbonyl (C=O) groups excluding carboxylic acids is 1. The summed E-state index contributed by atoms with van der Waals surface area (Å²) in [6.07, 6.45) is 2.92. The van der Waals surface area contributed by atoms with Crippen molar-refractivity contribution in [3.05, 3.63) is 54.1 Å². The third-order valence-corrected chi connectivity index (χ3v) is 2.16. The molecule has 2 rings (SSSR count). The fraction of sp³-hybridized carbons (Fsp3) is 0. The van der Waals surface area contributed by atoms with Crippen LogP contribution >= 0.6 is 0 Å². The Hall–Kier alpha value is -2.43. The molecule has 0 fully saturated rings. The predicted octanol–water partition coefficient (Wildman–Crippen LogP) is 2.18. The molecule has 1 heterocycles. The van der Waals surface area contributed by atoms with Crippen molar-refractivity contribution in [3.63, 3.8) is 0 Å². The third-order valence-electron chi connectivity index (χ3n) is 2.16. The van der Waals surface area contributed by atoms with Gasteiger partial charge in [0, 0.05) is 12.4 Å². The smallest absolute Gasteiger partial charge is 0.257 e. The summed E-state index contributed by atoms with van der Waals surface area (Å²) < 4.78 is 13.0. The molecule has 0 spiro atoms. The first kappa shape index (κ1) is 11.1. The van der Waals surface area contributed by atoms with Gasteiger partial charge in [0.05, 0.1) is 11.3 Å². The molecule has 86 valence electrons. The number of para-hydroxylation sites is 1. The van der Waals surface area contributed by atoms with Gasteiger partial charge in [0.15, 0.2) is 11.6 Å². The molecule has 0 bridgehead atoms. The molecule has 0 aliphatic rings. The predicted molar refractivity (Wildman–Crippen MR) is 60.3 cm³/mol. The van der Waals surface area contributed by atoms with Gasteiger partial charge in [-0.25, -0.2) is 4.39 Å². The minimum atomic E-state index is -0.783. The van der Waals surface area contributed by atoms with Crippen LogP contribution in [0.5, 0.6) is 5.75 Å². The molecular weight excluding hydrogens is 223 g/mol. The lowest BCUT2D eigenvalue weighted by Gasteiger charge is -2.07. The molecule has 17 heavy (non-hydrogen) atoms. The molecule has 0 atom stereocenters. The van der Waals surface area contributed by atoms with E-state index >= 15 is 0 Å². The second-order valence-electron chi connectivity index (χ2n) is 3.33. The molecule has 5 heteroatoms. The van der Waals surface area contributed by atoms with Gasteiger partial charge in [0.25, 0.3) is 5.91 Å². The summed E-state index contributed by atoms with van der Waals surface area (Å²) in [7, 11) is 0. The Balaban J connectivity index is 2.22. The Labute approximate surface area is 96.7 Å². The second kappa shape index (κ2) is 4.61. The molecule has 1 amide bonds. The minimum Gasteiger partial charge on any atom is -0.503 e. The van der Waals surface area contributed by atoms with E-state index in [0.717, 1.165) is 6.07 Å². The van der Waals surface area contributed by atoms with Crippen molar-refractivity contribution in [3.8, 4) is 5.75 Å². The number of phenolic OH excluding ortho intramolecular Hbond substituents is 1. The number of anilines is 1. The number of hydrogen-bond acceptors (Lipinski definition) is 3. The van der Waals surface area contributed by atoms with Crippen LogP contribution in [-0.4, -0.2) is 16.0 Å². The zero-order valence-corrected chi connectivity index (χ0v) is 8.72. The van der Waals surface area contributed by atoms with Gasteiger partial charge in [-0.3, -0.25) is 9.78 Å². The maximum Gasteiger partial charge on any atom is 0.257 e. The molecule has 2 aromatic rings. The standard InChI is InChI=1S/C12H9FN2O2/c13-9-4-1-5-10(11(9)16)15-12(17)8-3-2-6-14-7-8/h1-7,16H,(H,15,17). The number of pyridine rings is 1. The van der Waals surface area contributed by atoms with E-state index in [-0.39, 0.29) is 5.69 Å². The number of amides is 1. The van der Waals surface area contributed by atoms with Crippen LogP contribution in [0.4, 0.5) is 10.1 Å². The van der Waals surface area contributed by atoms with Crippen molar-refractivity contribution in [2.24, 2.45) is 0 Å². The Morgan fingerprint density at radius 2 is 2.12 bits per heavy atom. The topological polar surface area (TPSA) is 62.2 Å². The van der Waals surface area contributed by atoms with Gasteiger partial charge in [0.2, 0.25) is 0 Å². The summed E-state index contributed by atoms with van der Waals surface area (Å²) >= 11 is 0. The average Bonchev–Trinajstić information content (AvgIpc) is 2.36. The highest BCUT2D eigenvalue weighted by Gasteiger charge is 2.11. The molecule has 2 N–H and O–H groups in total. The van der Waals surface area contributed by atoms with Crippen molar-refractivity contribution < 1.29 is 14.3 Å². The number of hydrogen-bond donors (Lipinski definition) is 2. The lowest BCUT2D eigenvalue weighted by molar-refractivity contribution is 0.102. The molecule has 0 aliphatic heterocycles. The van der Waals surface area contributed by atoms with E-state index in [4.69, 9.17) is 0 Å². The van der Waals surface area contributed by atoms with Crippen LogP contribution in [0.25, 0.3) is 0 Å². The van der Waals surface area contributed by atoms with Gasteiger partial charge in [-0.05, 0) is 24.3 Å². The fourth-order valence-corrected chi connectivity index (χ4v) is 1.31. The normalized spacial score (nSPS) is 9.94. The lowest BCUT2D eigenvalue weighted by atomic mass is 10.2. The SMILES string of the molecule is O=C(Nc1cccc(F)c1O)c1cccnc1. The van der Waals surface area contributed by atoms with E-state index in [1.165, 1.54) is 24.5 Å². The van der Waals surface area contributed by atoms with Gasteiger partial charge in [-0.15, -0.1) is 0 Å². The number of phenols is 1. The van der Waals surface area contributed by atoms with Crippen LogP contribution < -0.4 is 5.32 Å². The van der Waals surface area contributed by atoms with E-state index in [0.29, 0.717) is 5.56 Å². The van der Waals surface area contributed by atoms with Crippen LogP contribution in [0.15, 0.2) is 42.7 Å². The monoisotopic (exact) mass is 232 g/mol. The Morgan fingerprint density at radius 3 is 2.82 bits per heavy atom. The molecule has 0 saturated carbocycles.